The summed E-state index contributed by atoms with van der Waals surface area (Å²) < 4.78 is 0. The summed E-state index contributed by atoms with van der Waals surface area (Å²) in [4.78, 5) is 0. The second-order valence-corrected chi connectivity index (χ2v) is 6.70. The normalized spacial score (nSPS) is 14.2. The van der Waals surface area contributed by atoms with E-state index >= 15 is 0 Å². The molecule has 122 valence electrons. The fourth-order valence-electron chi connectivity index (χ4n) is 3.62. The van der Waals surface area contributed by atoms with Crippen LogP contribution in [0.25, 0.3) is 10.8 Å². The molecule has 3 rings (SSSR count). The molecule has 1 aliphatic carbocycles. The number of rotatable bonds is 4. The number of nitrogens with zero attached hydrogens (tertiary/aromatic N) is 3. The molecule has 0 heterocycles. The number of nitriles is 3. The van der Waals surface area contributed by atoms with Gasteiger partial charge in [0, 0.05) is 12.8 Å². The quantitative estimate of drug-likeness (QED) is 0.727. The van der Waals surface area contributed by atoms with Crippen LogP contribution < -0.4 is 0 Å². The van der Waals surface area contributed by atoms with Crippen molar-refractivity contribution in [2.45, 2.75) is 38.5 Å². The zero-order chi connectivity index (χ0) is 17.7. The Kier molecular flexibility index (Phi) is 4.83. The first-order valence-electron chi connectivity index (χ1n) is 8.62. The van der Waals surface area contributed by atoms with E-state index in [-0.39, 0.29) is 6.42 Å². The Hall–Kier alpha value is -3.09. The molecule has 0 atom stereocenters. The molecule has 3 heteroatoms. The summed E-state index contributed by atoms with van der Waals surface area (Å²) >= 11 is 0. The highest BCUT2D eigenvalue weighted by molar-refractivity contribution is 5.89. The summed E-state index contributed by atoms with van der Waals surface area (Å²) in [7, 11) is 0. The van der Waals surface area contributed by atoms with Crippen LogP contribution in [0.15, 0.2) is 48.0 Å². The number of fused-ring (bicyclic) bond motifs is 1. The maximum absolute atomic E-state index is 9.76. The first kappa shape index (κ1) is 16.8. The number of hydrogen-bond donors (Lipinski definition) is 0. The van der Waals surface area contributed by atoms with Gasteiger partial charge in [-0.05, 0) is 42.0 Å². The van der Waals surface area contributed by atoms with Crippen LogP contribution in [0.5, 0.6) is 0 Å². The Morgan fingerprint density at radius 2 is 1.72 bits per heavy atom. The van der Waals surface area contributed by atoms with Crippen molar-refractivity contribution in [1.82, 2.24) is 0 Å². The molecule has 0 unspecified atom stereocenters. The van der Waals surface area contributed by atoms with E-state index in [0.29, 0.717) is 12.0 Å². The third-order valence-electron chi connectivity index (χ3n) is 4.96. The molecule has 3 nitrogen and oxygen atoms in total. The van der Waals surface area contributed by atoms with Crippen LogP contribution in [0.2, 0.25) is 0 Å². The van der Waals surface area contributed by atoms with Gasteiger partial charge in [-0.1, -0.05) is 48.0 Å². The highest BCUT2D eigenvalue weighted by Gasteiger charge is 2.33. The monoisotopic (exact) mass is 325 g/mol. The molecule has 25 heavy (non-hydrogen) atoms. The molecular formula is C22H19N3. The Bertz CT molecular complexity index is 934. The average Bonchev–Trinajstić information content (AvgIpc) is 2.68. The minimum absolute atomic E-state index is 0.283. The van der Waals surface area contributed by atoms with Crippen molar-refractivity contribution in [1.29, 1.82) is 15.8 Å². The first-order valence-corrected chi connectivity index (χ1v) is 8.62. The van der Waals surface area contributed by atoms with E-state index in [9.17, 15) is 15.8 Å². The van der Waals surface area contributed by atoms with Crippen LogP contribution in [-0.2, 0) is 6.42 Å². The number of allylic oxidation sites excluding steroid dienone is 2. The minimum Gasteiger partial charge on any atom is -0.197 e. The fourth-order valence-corrected chi connectivity index (χ4v) is 3.62. The smallest absolute Gasteiger partial charge is 0.151 e. The van der Waals surface area contributed by atoms with Crippen LogP contribution in [0.4, 0.5) is 0 Å². The largest absolute Gasteiger partial charge is 0.197 e. The number of benzene rings is 2. The molecule has 0 saturated carbocycles. The Morgan fingerprint density at radius 3 is 2.40 bits per heavy atom. The van der Waals surface area contributed by atoms with Crippen molar-refractivity contribution in [3.63, 3.8) is 0 Å². The van der Waals surface area contributed by atoms with Gasteiger partial charge < -0.3 is 0 Å². The number of hydrogen-bond acceptors (Lipinski definition) is 3. The minimum atomic E-state index is -1.11. The van der Waals surface area contributed by atoms with Crippen molar-refractivity contribution in [2.75, 3.05) is 0 Å². The lowest BCUT2D eigenvalue weighted by molar-refractivity contribution is 0.492. The van der Waals surface area contributed by atoms with E-state index in [2.05, 4.69) is 24.3 Å². The summed E-state index contributed by atoms with van der Waals surface area (Å²) in [5.74, 6) is 0. The van der Waals surface area contributed by atoms with E-state index in [1.165, 1.54) is 12.0 Å². The van der Waals surface area contributed by atoms with Gasteiger partial charge in [-0.3, -0.25) is 0 Å². The van der Waals surface area contributed by atoms with Gasteiger partial charge in [0.25, 0.3) is 0 Å². The molecule has 1 aliphatic rings. The van der Waals surface area contributed by atoms with Gasteiger partial charge in [0.2, 0.25) is 0 Å². The van der Waals surface area contributed by atoms with Crippen LogP contribution >= 0.6 is 0 Å². The maximum atomic E-state index is 9.76. The highest BCUT2D eigenvalue weighted by Crippen LogP contribution is 2.35. The Balaban J connectivity index is 1.99. The lowest BCUT2D eigenvalue weighted by Crippen LogP contribution is -2.21. The van der Waals surface area contributed by atoms with Gasteiger partial charge in [0.15, 0.2) is 5.41 Å². The van der Waals surface area contributed by atoms with Gasteiger partial charge in [0.05, 0.1) is 17.7 Å². The molecular weight excluding hydrogens is 306 g/mol. The molecule has 2 aromatic carbocycles. The Morgan fingerprint density at radius 1 is 0.920 bits per heavy atom. The van der Waals surface area contributed by atoms with Crippen molar-refractivity contribution >= 4 is 10.8 Å². The van der Waals surface area contributed by atoms with Crippen LogP contribution in [0.1, 0.15) is 43.2 Å². The van der Waals surface area contributed by atoms with Gasteiger partial charge in [-0.2, -0.15) is 15.8 Å². The lowest BCUT2D eigenvalue weighted by Gasteiger charge is -2.23. The zero-order valence-electron chi connectivity index (χ0n) is 14.1. The summed E-state index contributed by atoms with van der Waals surface area (Å²) in [5, 5.41) is 31.1. The molecule has 0 spiro atoms. The molecule has 0 radical (unpaired) electrons. The molecule has 2 aromatic rings. The fraction of sp³-hybridized carbons (Fsp3) is 0.318. The molecule has 0 fully saturated rings. The van der Waals surface area contributed by atoms with Gasteiger partial charge in [-0.25, -0.2) is 0 Å². The van der Waals surface area contributed by atoms with Crippen molar-refractivity contribution < 1.29 is 0 Å². The molecule has 0 aliphatic heterocycles. The van der Waals surface area contributed by atoms with Crippen molar-refractivity contribution in [2.24, 2.45) is 5.41 Å². The predicted molar refractivity (Wildman–Crippen MR) is 97.2 cm³/mol. The molecule has 0 bridgehead atoms. The summed E-state index contributed by atoms with van der Waals surface area (Å²) in [6, 6.07) is 18.4. The highest BCUT2D eigenvalue weighted by atomic mass is 14.4. The van der Waals surface area contributed by atoms with E-state index in [1.54, 1.807) is 0 Å². The van der Waals surface area contributed by atoms with E-state index < -0.39 is 5.41 Å². The molecule has 0 N–H and O–H groups in total. The van der Waals surface area contributed by atoms with Gasteiger partial charge in [0.1, 0.15) is 6.07 Å². The molecule has 0 aromatic heterocycles. The van der Waals surface area contributed by atoms with E-state index in [1.807, 2.05) is 36.4 Å². The van der Waals surface area contributed by atoms with Crippen molar-refractivity contribution in [3.8, 4) is 18.2 Å². The zero-order valence-corrected chi connectivity index (χ0v) is 14.1. The van der Waals surface area contributed by atoms with Crippen molar-refractivity contribution in [3.05, 3.63) is 59.2 Å². The van der Waals surface area contributed by atoms with Crippen LogP contribution in [0.3, 0.4) is 0 Å². The maximum Gasteiger partial charge on any atom is 0.151 e. The lowest BCUT2D eigenvalue weighted by atomic mass is 9.76. The molecule has 0 saturated heterocycles. The summed E-state index contributed by atoms with van der Waals surface area (Å²) in [6.07, 6.45) is 7.23. The summed E-state index contributed by atoms with van der Waals surface area (Å²) in [5.41, 5.74) is 1.44. The third-order valence-corrected chi connectivity index (χ3v) is 4.96. The van der Waals surface area contributed by atoms with Crippen LogP contribution in [-0.4, -0.2) is 0 Å². The predicted octanol–water partition coefficient (Wildman–Crippen LogP) is 5.18. The van der Waals surface area contributed by atoms with E-state index in [0.717, 1.165) is 35.6 Å². The van der Waals surface area contributed by atoms with Crippen LogP contribution in [0, 0.1) is 39.4 Å². The topological polar surface area (TPSA) is 71.4 Å². The summed E-state index contributed by atoms with van der Waals surface area (Å²) in [6.45, 7) is 0. The van der Waals surface area contributed by atoms with E-state index in [4.69, 9.17) is 0 Å². The van der Waals surface area contributed by atoms with Gasteiger partial charge >= 0.3 is 0 Å². The second-order valence-electron chi connectivity index (χ2n) is 6.70. The average molecular weight is 325 g/mol. The molecule has 0 amide bonds. The van der Waals surface area contributed by atoms with Gasteiger partial charge in [-0.15, -0.1) is 0 Å². The standard InChI is InChI=1S/C22H19N3/c23-14-21-19(11-10-18-8-4-5-9-20(18)21)13-22(15-24,16-25)12-17-6-2-1-3-7-17/h4-6,8-11H,1-3,7,12-13H2. The third kappa shape index (κ3) is 3.40. The Labute approximate surface area is 148 Å². The first-order chi connectivity index (χ1) is 12.2. The second kappa shape index (κ2) is 7.21. The SMILES string of the molecule is N#Cc1c(CC(C#N)(C#N)CC2=CCCCC2)ccc2ccccc12.